The molecule has 0 aliphatic carbocycles. The van der Waals surface area contributed by atoms with E-state index in [2.05, 4.69) is 58.5 Å². The minimum absolute atomic E-state index is 0. The van der Waals surface area contributed by atoms with E-state index in [1.807, 2.05) is 71.9 Å². The van der Waals surface area contributed by atoms with Crippen molar-refractivity contribution >= 4 is 49.4 Å². The van der Waals surface area contributed by atoms with Crippen molar-refractivity contribution < 1.29 is 34.4 Å². The fraction of sp³-hybridized carbons (Fsp3) is 0.308. The van der Waals surface area contributed by atoms with Gasteiger partial charge in [0.15, 0.2) is 5.78 Å². The molecule has 6 aromatic rings. The Bertz CT molecular complexity index is 1980. The van der Waals surface area contributed by atoms with Crippen LogP contribution in [0.4, 0.5) is 0 Å². The first-order valence-corrected chi connectivity index (χ1v) is 15.6. The number of benzene rings is 4. The zero-order chi connectivity index (χ0) is 31.5. The first-order chi connectivity index (χ1) is 21.2. The van der Waals surface area contributed by atoms with Crippen LogP contribution in [0.1, 0.15) is 67.2 Å². The second-order valence-corrected chi connectivity index (χ2v) is 12.1. The second-order valence-electron chi connectivity index (χ2n) is 12.1. The molecule has 6 rings (SSSR count). The Labute approximate surface area is 279 Å². The van der Waals surface area contributed by atoms with Crippen molar-refractivity contribution in [3.8, 4) is 11.3 Å². The molecular formula is C39H41IrN2O3-. The summed E-state index contributed by atoms with van der Waals surface area (Å²) in [6.07, 6.45) is 6.36. The van der Waals surface area contributed by atoms with Crippen LogP contribution in [0.2, 0.25) is 0 Å². The van der Waals surface area contributed by atoms with Gasteiger partial charge in [-0.05, 0) is 48.6 Å². The summed E-state index contributed by atoms with van der Waals surface area (Å²) in [7, 11) is 0. The molecule has 1 N–H and O–H groups in total. The Kier molecular flexibility index (Phi) is 10.6. The van der Waals surface area contributed by atoms with Crippen molar-refractivity contribution in [2.75, 3.05) is 0 Å². The molecule has 2 heterocycles. The molecule has 1 radical (unpaired) electrons. The van der Waals surface area contributed by atoms with E-state index >= 15 is 0 Å². The van der Waals surface area contributed by atoms with Crippen LogP contribution in [-0.4, -0.2) is 20.9 Å². The summed E-state index contributed by atoms with van der Waals surface area (Å²) < 4.78 is 6.25. The van der Waals surface area contributed by atoms with E-state index < -0.39 is 0 Å². The number of rotatable bonds is 8. The number of carbonyl (C=O) groups excluding carboxylic acids is 1. The quantitative estimate of drug-likeness (QED) is 0.0946. The van der Waals surface area contributed by atoms with Crippen LogP contribution in [0.15, 0.2) is 95.4 Å². The summed E-state index contributed by atoms with van der Waals surface area (Å²) in [5.74, 6) is 0.286. The Morgan fingerprint density at radius 2 is 1.42 bits per heavy atom. The van der Waals surface area contributed by atoms with Crippen LogP contribution in [-0.2, 0) is 24.9 Å². The molecule has 0 saturated heterocycles. The molecule has 0 spiro atoms. The van der Waals surface area contributed by atoms with Gasteiger partial charge in [-0.15, -0.1) is 29.1 Å². The van der Waals surface area contributed by atoms with Gasteiger partial charge in [0.1, 0.15) is 28.8 Å². The molecule has 0 aliphatic heterocycles. The molecule has 4 aromatic carbocycles. The maximum Gasteiger partial charge on any atom is 0.164 e. The first-order valence-electron chi connectivity index (χ1n) is 15.6. The zero-order valence-corrected chi connectivity index (χ0v) is 29.3. The molecule has 5 nitrogen and oxygen atoms in total. The van der Waals surface area contributed by atoms with Crippen LogP contribution >= 0.6 is 0 Å². The second kappa shape index (κ2) is 14.1. The predicted octanol–water partition coefficient (Wildman–Crippen LogP) is 10.8. The average Bonchev–Trinajstić information content (AvgIpc) is 3.43. The summed E-state index contributed by atoms with van der Waals surface area (Å²) in [5, 5.41) is 15.7. The van der Waals surface area contributed by atoms with Crippen molar-refractivity contribution in [1.29, 1.82) is 0 Å². The van der Waals surface area contributed by atoms with Gasteiger partial charge in [-0.2, -0.15) is 0 Å². The van der Waals surface area contributed by atoms with E-state index in [-0.39, 0.29) is 42.5 Å². The van der Waals surface area contributed by atoms with Crippen molar-refractivity contribution in [3.05, 3.63) is 97.0 Å². The summed E-state index contributed by atoms with van der Waals surface area (Å²) in [5.41, 5.74) is 3.47. The number of nitrogens with zero attached hydrogens (tertiary/aromatic N) is 2. The third kappa shape index (κ3) is 6.59. The Balaban J connectivity index is 0.000000226. The van der Waals surface area contributed by atoms with Gasteiger partial charge in [0.25, 0.3) is 0 Å². The maximum absolute atomic E-state index is 12.2. The molecule has 0 aliphatic rings. The van der Waals surface area contributed by atoms with Gasteiger partial charge < -0.3 is 9.52 Å². The summed E-state index contributed by atoms with van der Waals surface area (Å²) in [6.45, 7) is 12.1. The monoisotopic (exact) mass is 778 g/mol. The van der Waals surface area contributed by atoms with Crippen LogP contribution in [0.25, 0.3) is 54.9 Å². The normalized spacial score (nSPS) is 12.3. The Hall–Kier alpha value is -3.86. The molecule has 0 atom stereocenters. The Morgan fingerprint density at radius 1 is 0.822 bits per heavy atom. The predicted molar refractivity (Wildman–Crippen MR) is 182 cm³/mol. The molecule has 6 heteroatoms. The van der Waals surface area contributed by atoms with E-state index in [1.165, 1.54) is 11.5 Å². The topological polar surface area (TPSA) is 76.2 Å². The molecule has 2 aromatic heterocycles. The number of fused-ring (bicyclic) bond motifs is 5. The summed E-state index contributed by atoms with van der Waals surface area (Å²) in [6, 6.07) is 28.1. The minimum atomic E-state index is -0.337. The fourth-order valence-electron chi connectivity index (χ4n) is 5.48. The SMILES string of the molecule is CCC(C)(CC)C(=O)/C=C(\O)C(C)(CC)CC.[Ir].[c-]1ccc2ccccc2c1-c1ncnc2c1oc1cc3ccccc3cc12. The summed E-state index contributed by atoms with van der Waals surface area (Å²) in [4.78, 5) is 21.3. The van der Waals surface area contributed by atoms with Crippen molar-refractivity contribution in [3.63, 3.8) is 0 Å². The number of ketones is 1. The molecule has 45 heavy (non-hydrogen) atoms. The molecule has 0 bridgehead atoms. The molecule has 0 saturated carbocycles. The largest absolute Gasteiger partial charge is 0.512 e. The van der Waals surface area contributed by atoms with E-state index in [4.69, 9.17) is 4.42 Å². The van der Waals surface area contributed by atoms with Gasteiger partial charge >= 0.3 is 0 Å². The van der Waals surface area contributed by atoms with Gasteiger partial charge in [0.05, 0.1) is 0 Å². The van der Waals surface area contributed by atoms with Crippen molar-refractivity contribution in [2.45, 2.75) is 67.2 Å². The number of aromatic nitrogens is 2. The first kappa shape index (κ1) is 34.0. The molecule has 0 fully saturated rings. The van der Waals surface area contributed by atoms with Crippen molar-refractivity contribution in [2.24, 2.45) is 10.8 Å². The zero-order valence-electron chi connectivity index (χ0n) is 26.9. The van der Waals surface area contributed by atoms with Gasteiger partial charge in [-0.1, -0.05) is 95.5 Å². The summed E-state index contributed by atoms with van der Waals surface area (Å²) >= 11 is 0. The molecule has 235 valence electrons. The maximum atomic E-state index is 12.2. The van der Waals surface area contributed by atoms with E-state index in [0.717, 1.165) is 69.6 Å². The molecule has 0 amide bonds. The van der Waals surface area contributed by atoms with Crippen LogP contribution in [0, 0.1) is 16.9 Å². The minimum Gasteiger partial charge on any atom is -0.512 e. The van der Waals surface area contributed by atoms with E-state index in [0.29, 0.717) is 5.58 Å². The van der Waals surface area contributed by atoms with Crippen LogP contribution in [0.5, 0.6) is 0 Å². The Morgan fingerprint density at radius 3 is 2.07 bits per heavy atom. The van der Waals surface area contributed by atoms with E-state index in [9.17, 15) is 9.90 Å². The van der Waals surface area contributed by atoms with Crippen molar-refractivity contribution in [1.82, 2.24) is 9.97 Å². The van der Waals surface area contributed by atoms with E-state index in [1.54, 1.807) is 6.33 Å². The number of furan rings is 1. The van der Waals surface area contributed by atoms with Gasteiger partial charge in [-0.3, -0.25) is 9.78 Å². The van der Waals surface area contributed by atoms with Gasteiger partial charge in [0.2, 0.25) is 0 Å². The van der Waals surface area contributed by atoms with Gasteiger partial charge in [-0.25, -0.2) is 4.98 Å². The van der Waals surface area contributed by atoms with Crippen LogP contribution in [0.3, 0.4) is 0 Å². The standard InChI is InChI=1S/C24H13N2O.C15H28O2.Ir/c1-2-8-17-13-21-20(12-16(17)7-1)23-24(27-21)22(25-14-26-23)19-11-5-9-15-6-3-4-10-18(15)19;1-7-14(5,8-2)12(16)11-13(17)15(6,9-3)10-4;/h1-10,12-14H;11,16H,7-10H2,1-6H3;/q-1;;/b;12-11-;. The van der Waals surface area contributed by atoms with Crippen LogP contribution < -0.4 is 0 Å². The van der Waals surface area contributed by atoms with Gasteiger partial charge in [0, 0.05) is 48.1 Å². The number of aliphatic hydroxyl groups is 1. The fourth-order valence-corrected chi connectivity index (χ4v) is 5.48. The molecule has 0 unspecified atom stereocenters. The third-order valence-corrected chi connectivity index (χ3v) is 9.68. The third-order valence-electron chi connectivity index (χ3n) is 9.68. The number of allylic oxidation sites excluding steroid dienone is 2. The average molecular weight is 778 g/mol. The molecular weight excluding hydrogens is 737 g/mol. The number of hydrogen-bond acceptors (Lipinski definition) is 5. The number of carbonyl (C=O) groups is 1. The smallest absolute Gasteiger partial charge is 0.164 e. The number of aliphatic hydroxyl groups excluding tert-OH is 1. The number of hydrogen-bond donors (Lipinski definition) is 1.